The maximum absolute atomic E-state index is 13.5. The molecule has 1 atom stereocenters. The average molecular weight is 440 g/mol. The summed E-state index contributed by atoms with van der Waals surface area (Å²) in [6, 6.07) is 9.31. The van der Waals surface area contributed by atoms with Crippen LogP contribution in [0.25, 0.3) is 11.4 Å². The Balaban J connectivity index is 1.96. The number of hydrogen-bond acceptors (Lipinski definition) is 4. The molecule has 2 N–H and O–H groups in total. The van der Waals surface area contributed by atoms with Gasteiger partial charge in [-0.15, -0.1) is 0 Å². The Labute approximate surface area is 191 Å². The smallest absolute Gasteiger partial charge is 0.272 e. The minimum absolute atomic E-state index is 0.162. The number of nitrogens with zero attached hydrogens (tertiary/aromatic N) is 3. The monoisotopic (exact) mass is 439 g/mol. The number of fused-ring (bicyclic) bond motifs is 1. The average Bonchev–Trinajstić information content (AvgIpc) is 2.96. The van der Waals surface area contributed by atoms with Gasteiger partial charge in [-0.2, -0.15) is 0 Å². The Morgan fingerprint density at radius 3 is 2.44 bits per heavy atom. The van der Waals surface area contributed by atoms with Gasteiger partial charge in [0.25, 0.3) is 5.91 Å². The third-order valence-corrected chi connectivity index (χ3v) is 5.75. The maximum Gasteiger partial charge on any atom is 0.272 e. The highest BCUT2D eigenvalue weighted by molar-refractivity contribution is 5.98. The fourth-order valence-electron chi connectivity index (χ4n) is 3.99. The van der Waals surface area contributed by atoms with Gasteiger partial charge in [-0.05, 0) is 31.3 Å². The lowest BCUT2D eigenvalue weighted by atomic mass is 9.86. The van der Waals surface area contributed by atoms with Gasteiger partial charge < -0.3 is 20.1 Å². The molecule has 2 amide bonds. The molecular formula is C25H37N5O2. The molecule has 0 saturated heterocycles. The van der Waals surface area contributed by atoms with Gasteiger partial charge in [0.2, 0.25) is 5.91 Å². The molecule has 7 heteroatoms. The first kappa shape index (κ1) is 24.0. The van der Waals surface area contributed by atoms with E-state index in [4.69, 9.17) is 4.98 Å². The highest BCUT2D eigenvalue weighted by Crippen LogP contribution is 2.27. The summed E-state index contributed by atoms with van der Waals surface area (Å²) in [5.74, 6) is 0.678. The molecule has 0 bridgehead atoms. The van der Waals surface area contributed by atoms with Gasteiger partial charge in [0.1, 0.15) is 11.9 Å². The number of aromatic nitrogens is 2. The van der Waals surface area contributed by atoms with E-state index in [2.05, 4.69) is 27.1 Å². The van der Waals surface area contributed by atoms with Crippen molar-refractivity contribution in [2.75, 3.05) is 20.1 Å². The third-order valence-electron chi connectivity index (χ3n) is 5.75. The Morgan fingerprint density at radius 1 is 1.12 bits per heavy atom. The predicted octanol–water partition coefficient (Wildman–Crippen LogP) is 3.30. The predicted molar refractivity (Wildman–Crippen MR) is 127 cm³/mol. The molecule has 0 saturated carbocycles. The molecule has 7 nitrogen and oxygen atoms in total. The van der Waals surface area contributed by atoms with Crippen molar-refractivity contribution in [1.82, 2.24) is 25.1 Å². The van der Waals surface area contributed by atoms with E-state index in [1.165, 1.54) is 0 Å². The van der Waals surface area contributed by atoms with Gasteiger partial charge in [-0.25, -0.2) is 4.98 Å². The number of hydrogen-bond donors (Lipinski definition) is 2. The Hall–Kier alpha value is -2.67. The van der Waals surface area contributed by atoms with Crippen LogP contribution in [0, 0.1) is 11.3 Å². The largest absolute Gasteiger partial charge is 0.354 e. The number of nitrogens with one attached hydrogen (secondary N) is 2. The van der Waals surface area contributed by atoms with E-state index >= 15 is 0 Å². The lowest BCUT2D eigenvalue weighted by Gasteiger charge is -2.30. The van der Waals surface area contributed by atoms with Crippen molar-refractivity contribution >= 4 is 11.8 Å². The van der Waals surface area contributed by atoms with Crippen molar-refractivity contribution in [2.45, 2.75) is 60.2 Å². The van der Waals surface area contributed by atoms with E-state index in [0.29, 0.717) is 24.7 Å². The van der Waals surface area contributed by atoms with Crippen LogP contribution < -0.4 is 10.6 Å². The lowest BCUT2D eigenvalue weighted by molar-refractivity contribution is -0.125. The van der Waals surface area contributed by atoms with E-state index in [-0.39, 0.29) is 11.8 Å². The quantitative estimate of drug-likeness (QED) is 0.724. The SMILES string of the molecule is CC(C)CNC(=O)[C@@H](NC(=O)c1nc(-c2ccccc2)n2c1CN(C)CCC2)C(C)(C)C. The topological polar surface area (TPSA) is 79.3 Å². The molecule has 3 rings (SSSR count). The summed E-state index contributed by atoms with van der Waals surface area (Å²) in [5.41, 5.74) is 1.85. The first-order valence-electron chi connectivity index (χ1n) is 11.5. The summed E-state index contributed by atoms with van der Waals surface area (Å²) >= 11 is 0. The van der Waals surface area contributed by atoms with Crippen LogP contribution in [0.3, 0.4) is 0 Å². The van der Waals surface area contributed by atoms with Crippen molar-refractivity contribution < 1.29 is 9.59 Å². The fourth-order valence-corrected chi connectivity index (χ4v) is 3.99. The summed E-state index contributed by atoms with van der Waals surface area (Å²) in [7, 11) is 2.06. The summed E-state index contributed by atoms with van der Waals surface area (Å²) < 4.78 is 2.17. The van der Waals surface area contributed by atoms with Crippen molar-refractivity contribution in [2.24, 2.45) is 11.3 Å². The Bertz CT molecular complexity index is 943. The number of rotatable bonds is 6. The second-order valence-electron chi connectivity index (χ2n) is 10.3. The van der Waals surface area contributed by atoms with Crippen molar-refractivity contribution in [1.29, 1.82) is 0 Å². The van der Waals surface area contributed by atoms with Crippen LogP contribution in [0.1, 0.15) is 57.2 Å². The van der Waals surface area contributed by atoms with Crippen LogP contribution in [0.4, 0.5) is 0 Å². The Morgan fingerprint density at radius 2 is 1.81 bits per heavy atom. The highest BCUT2D eigenvalue weighted by atomic mass is 16.2. The minimum Gasteiger partial charge on any atom is -0.354 e. The lowest BCUT2D eigenvalue weighted by Crippen LogP contribution is -2.54. The van der Waals surface area contributed by atoms with Gasteiger partial charge >= 0.3 is 0 Å². The molecule has 0 spiro atoms. The zero-order valence-electron chi connectivity index (χ0n) is 20.2. The van der Waals surface area contributed by atoms with E-state index < -0.39 is 11.5 Å². The minimum atomic E-state index is -0.658. The van der Waals surface area contributed by atoms with Crippen LogP contribution in [0.2, 0.25) is 0 Å². The van der Waals surface area contributed by atoms with Crippen molar-refractivity contribution in [3.63, 3.8) is 0 Å². The molecule has 1 aromatic heterocycles. The third kappa shape index (κ3) is 5.57. The molecular weight excluding hydrogens is 402 g/mol. The first-order valence-corrected chi connectivity index (χ1v) is 11.5. The molecule has 174 valence electrons. The van der Waals surface area contributed by atoms with Gasteiger partial charge in [-0.3, -0.25) is 9.59 Å². The standard InChI is InChI=1S/C25H37N5O2/c1-17(2)15-26-24(32)21(25(3,4)5)28-23(31)20-19-16-29(6)13-10-14-30(19)22(27-20)18-11-8-7-9-12-18/h7-9,11-12,17,21H,10,13-16H2,1-6H3,(H,26,32)(H,28,31)/t21-/m1/s1. The summed E-state index contributed by atoms with van der Waals surface area (Å²) in [4.78, 5) is 33.4. The van der Waals surface area contributed by atoms with Crippen LogP contribution in [0.15, 0.2) is 30.3 Å². The summed E-state index contributed by atoms with van der Waals surface area (Å²) in [6.07, 6.45) is 0.989. The van der Waals surface area contributed by atoms with Gasteiger partial charge in [0.15, 0.2) is 5.69 Å². The molecule has 2 heterocycles. The van der Waals surface area contributed by atoms with Crippen LogP contribution in [-0.2, 0) is 17.9 Å². The van der Waals surface area contributed by atoms with Gasteiger partial charge in [0.05, 0.1) is 5.69 Å². The second kappa shape index (κ2) is 9.86. The molecule has 0 aliphatic carbocycles. The van der Waals surface area contributed by atoms with E-state index in [0.717, 1.165) is 36.6 Å². The highest BCUT2D eigenvalue weighted by Gasteiger charge is 2.35. The molecule has 1 aromatic carbocycles. The number of amides is 2. The summed E-state index contributed by atoms with van der Waals surface area (Å²) in [5, 5.41) is 5.97. The zero-order valence-corrected chi connectivity index (χ0v) is 20.2. The zero-order chi connectivity index (χ0) is 23.5. The molecule has 1 aliphatic rings. The normalized spacial score (nSPS) is 15.7. The molecule has 1 aliphatic heterocycles. The number of imidazole rings is 1. The molecule has 0 radical (unpaired) electrons. The van der Waals surface area contributed by atoms with Gasteiger partial charge in [-0.1, -0.05) is 65.0 Å². The Kier molecular flexibility index (Phi) is 7.39. The van der Waals surface area contributed by atoms with Crippen LogP contribution in [-0.4, -0.2) is 52.4 Å². The number of carbonyl (C=O) groups excluding carboxylic acids is 2. The fraction of sp³-hybridized carbons (Fsp3) is 0.560. The van der Waals surface area contributed by atoms with Crippen molar-refractivity contribution in [3.8, 4) is 11.4 Å². The molecule has 0 unspecified atom stereocenters. The number of benzene rings is 1. The molecule has 0 fully saturated rings. The van der Waals surface area contributed by atoms with Crippen molar-refractivity contribution in [3.05, 3.63) is 41.7 Å². The summed E-state index contributed by atoms with van der Waals surface area (Å²) in [6.45, 7) is 13.0. The first-order chi connectivity index (χ1) is 15.1. The van der Waals surface area contributed by atoms with E-state index in [1.807, 2.05) is 65.0 Å². The van der Waals surface area contributed by atoms with E-state index in [9.17, 15) is 9.59 Å². The second-order valence-corrected chi connectivity index (χ2v) is 10.3. The van der Waals surface area contributed by atoms with E-state index in [1.54, 1.807) is 0 Å². The van der Waals surface area contributed by atoms with Gasteiger partial charge in [0, 0.05) is 25.2 Å². The molecule has 2 aromatic rings. The maximum atomic E-state index is 13.5. The van der Waals surface area contributed by atoms with Crippen LogP contribution >= 0.6 is 0 Å². The van der Waals surface area contributed by atoms with Crippen LogP contribution in [0.5, 0.6) is 0 Å². The molecule has 32 heavy (non-hydrogen) atoms. The number of carbonyl (C=O) groups is 2.